The highest BCUT2D eigenvalue weighted by molar-refractivity contribution is 5.90. The molecule has 1 heterocycles. The summed E-state index contributed by atoms with van der Waals surface area (Å²) in [4.78, 5) is 22.0. The fourth-order valence-corrected chi connectivity index (χ4v) is 1.49. The molecule has 0 bridgehead atoms. The minimum absolute atomic E-state index is 0.0996. The Morgan fingerprint density at radius 3 is 2.74 bits per heavy atom. The smallest absolute Gasteiger partial charge is 0.308 e. The van der Waals surface area contributed by atoms with E-state index in [1.165, 1.54) is 13.8 Å². The van der Waals surface area contributed by atoms with Gasteiger partial charge in [0.1, 0.15) is 24.2 Å². The molecule has 1 amide bonds. The first-order chi connectivity index (χ1) is 9.04. The number of benzene rings is 1. The van der Waals surface area contributed by atoms with Crippen LogP contribution in [0.15, 0.2) is 18.2 Å². The Labute approximate surface area is 110 Å². The Bertz CT molecular complexity index is 496. The van der Waals surface area contributed by atoms with Gasteiger partial charge in [-0.15, -0.1) is 0 Å². The Morgan fingerprint density at radius 1 is 1.42 bits per heavy atom. The topological polar surface area (TPSA) is 77.2 Å². The Balaban J connectivity index is 2.14. The van der Waals surface area contributed by atoms with Gasteiger partial charge in [0.05, 0.1) is 12.3 Å². The molecular weight excluding hydrogens is 250 g/mol. The maximum absolute atomic E-state index is 11.1. The lowest BCUT2D eigenvalue weighted by Crippen LogP contribution is -2.11. The molecule has 1 aliphatic heterocycles. The molecule has 1 N–H and O–H groups in total. The van der Waals surface area contributed by atoms with E-state index in [1.54, 1.807) is 18.2 Å². The Hall–Kier alpha value is -2.08. The normalized spacial score (nSPS) is 16.6. The number of anilines is 1. The SMILES string of the molecule is CC(=O)Nc1ccc(OC(C)=O)cc1OC[C@@H]1CO1. The summed E-state index contributed by atoms with van der Waals surface area (Å²) in [5.41, 5.74) is 0.532. The van der Waals surface area contributed by atoms with Crippen molar-refractivity contribution < 1.29 is 23.8 Å². The zero-order valence-electron chi connectivity index (χ0n) is 10.8. The van der Waals surface area contributed by atoms with Crippen LogP contribution in [0.25, 0.3) is 0 Å². The summed E-state index contributed by atoms with van der Waals surface area (Å²) in [6.45, 7) is 3.81. The lowest BCUT2D eigenvalue weighted by Gasteiger charge is -2.12. The van der Waals surface area contributed by atoms with Gasteiger partial charge in [-0.1, -0.05) is 0 Å². The number of hydrogen-bond donors (Lipinski definition) is 1. The van der Waals surface area contributed by atoms with Crippen molar-refractivity contribution in [3.63, 3.8) is 0 Å². The lowest BCUT2D eigenvalue weighted by atomic mass is 10.2. The van der Waals surface area contributed by atoms with E-state index in [0.29, 0.717) is 30.4 Å². The Morgan fingerprint density at radius 2 is 2.16 bits per heavy atom. The molecule has 0 spiro atoms. The van der Waals surface area contributed by atoms with Crippen LogP contribution in [-0.4, -0.2) is 31.2 Å². The summed E-state index contributed by atoms with van der Waals surface area (Å²) >= 11 is 0. The van der Waals surface area contributed by atoms with Crippen LogP contribution in [-0.2, 0) is 14.3 Å². The van der Waals surface area contributed by atoms with E-state index in [2.05, 4.69) is 5.32 Å². The molecule has 1 atom stereocenters. The van der Waals surface area contributed by atoms with Crippen LogP contribution in [0.3, 0.4) is 0 Å². The number of amides is 1. The van der Waals surface area contributed by atoms with Gasteiger partial charge in [-0.05, 0) is 12.1 Å². The number of rotatable bonds is 5. The molecule has 1 saturated heterocycles. The van der Waals surface area contributed by atoms with Gasteiger partial charge < -0.3 is 19.5 Å². The van der Waals surface area contributed by atoms with Gasteiger partial charge in [0.25, 0.3) is 0 Å². The predicted molar refractivity (Wildman–Crippen MR) is 67.3 cm³/mol. The van der Waals surface area contributed by atoms with Gasteiger partial charge >= 0.3 is 5.97 Å². The minimum Gasteiger partial charge on any atom is -0.488 e. The summed E-state index contributed by atoms with van der Waals surface area (Å²) < 4.78 is 15.6. The second-order valence-electron chi connectivity index (χ2n) is 4.20. The minimum atomic E-state index is -0.413. The van der Waals surface area contributed by atoms with Crippen LogP contribution in [0.5, 0.6) is 11.5 Å². The highest BCUT2D eigenvalue weighted by atomic mass is 16.6. The molecule has 1 fully saturated rings. The van der Waals surface area contributed by atoms with Gasteiger partial charge in [-0.2, -0.15) is 0 Å². The summed E-state index contributed by atoms with van der Waals surface area (Å²) in [7, 11) is 0. The molecule has 6 nitrogen and oxygen atoms in total. The summed E-state index contributed by atoms with van der Waals surface area (Å²) in [6, 6.07) is 4.78. The number of esters is 1. The van der Waals surface area contributed by atoms with Crippen LogP contribution in [0.4, 0.5) is 5.69 Å². The first-order valence-corrected chi connectivity index (χ1v) is 5.89. The highest BCUT2D eigenvalue weighted by Crippen LogP contribution is 2.30. The summed E-state index contributed by atoms with van der Waals surface area (Å²) in [5.74, 6) is 0.203. The molecule has 102 valence electrons. The third-order valence-corrected chi connectivity index (χ3v) is 2.35. The van der Waals surface area contributed by atoms with Crippen molar-refractivity contribution in [2.45, 2.75) is 20.0 Å². The van der Waals surface area contributed by atoms with Crippen molar-refractivity contribution >= 4 is 17.6 Å². The Kier molecular flexibility index (Phi) is 4.01. The average Bonchev–Trinajstić information content (AvgIpc) is 3.11. The number of nitrogens with one attached hydrogen (secondary N) is 1. The van der Waals surface area contributed by atoms with Crippen LogP contribution in [0.1, 0.15) is 13.8 Å². The molecule has 0 aliphatic carbocycles. The molecule has 1 aliphatic rings. The van der Waals surface area contributed by atoms with Crippen LogP contribution in [0.2, 0.25) is 0 Å². The molecule has 0 radical (unpaired) electrons. The fourth-order valence-electron chi connectivity index (χ4n) is 1.49. The molecule has 1 aromatic carbocycles. The maximum atomic E-state index is 11.1. The van der Waals surface area contributed by atoms with Crippen molar-refractivity contribution in [3.8, 4) is 11.5 Å². The van der Waals surface area contributed by atoms with E-state index in [0.717, 1.165) is 0 Å². The van der Waals surface area contributed by atoms with E-state index >= 15 is 0 Å². The molecule has 6 heteroatoms. The van der Waals surface area contributed by atoms with Gasteiger partial charge in [-0.25, -0.2) is 0 Å². The number of ether oxygens (including phenoxy) is 3. The summed E-state index contributed by atoms with van der Waals surface area (Å²) in [6.07, 6.45) is 0.0996. The fraction of sp³-hybridized carbons (Fsp3) is 0.385. The first-order valence-electron chi connectivity index (χ1n) is 5.89. The molecule has 1 aromatic rings. The van der Waals surface area contributed by atoms with E-state index in [9.17, 15) is 9.59 Å². The molecule has 0 saturated carbocycles. The van der Waals surface area contributed by atoms with Crippen LogP contribution in [0, 0.1) is 0 Å². The van der Waals surface area contributed by atoms with Crippen molar-refractivity contribution in [3.05, 3.63) is 18.2 Å². The van der Waals surface area contributed by atoms with Crippen molar-refractivity contribution in [2.75, 3.05) is 18.5 Å². The second-order valence-corrected chi connectivity index (χ2v) is 4.20. The van der Waals surface area contributed by atoms with E-state index in [4.69, 9.17) is 14.2 Å². The number of epoxide rings is 1. The van der Waals surface area contributed by atoms with Gasteiger partial charge in [0.15, 0.2) is 0 Å². The lowest BCUT2D eigenvalue weighted by molar-refractivity contribution is -0.131. The van der Waals surface area contributed by atoms with E-state index < -0.39 is 5.97 Å². The predicted octanol–water partition coefficient (Wildman–Crippen LogP) is 1.35. The zero-order chi connectivity index (χ0) is 13.8. The standard InChI is InChI=1S/C13H15NO5/c1-8(15)14-12-4-3-10(19-9(2)16)5-13(12)18-7-11-6-17-11/h3-5,11H,6-7H2,1-2H3,(H,14,15)/t11-/m0/s1. The van der Waals surface area contributed by atoms with Gasteiger partial charge in [0.2, 0.25) is 5.91 Å². The van der Waals surface area contributed by atoms with Gasteiger partial charge in [-0.3, -0.25) is 9.59 Å². The van der Waals surface area contributed by atoms with E-state index in [-0.39, 0.29) is 12.0 Å². The maximum Gasteiger partial charge on any atom is 0.308 e. The average molecular weight is 265 g/mol. The van der Waals surface area contributed by atoms with E-state index in [1.807, 2.05) is 0 Å². The first kappa shape index (κ1) is 13.4. The zero-order valence-corrected chi connectivity index (χ0v) is 10.8. The molecule has 19 heavy (non-hydrogen) atoms. The van der Waals surface area contributed by atoms with Crippen molar-refractivity contribution in [1.29, 1.82) is 0 Å². The molecule has 0 unspecified atom stereocenters. The van der Waals surface area contributed by atoms with Crippen LogP contribution < -0.4 is 14.8 Å². The molecular formula is C13H15NO5. The second kappa shape index (κ2) is 5.71. The highest BCUT2D eigenvalue weighted by Gasteiger charge is 2.23. The third-order valence-electron chi connectivity index (χ3n) is 2.35. The molecule has 0 aromatic heterocycles. The number of carbonyl (C=O) groups is 2. The van der Waals surface area contributed by atoms with Crippen molar-refractivity contribution in [2.24, 2.45) is 0 Å². The molecule has 2 rings (SSSR count). The number of hydrogen-bond acceptors (Lipinski definition) is 5. The quantitative estimate of drug-likeness (QED) is 0.494. The largest absolute Gasteiger partial charge is 0.488 e. The third kappa shape index (κ3) is 4.26. The summed E-state index contributed by atoms with van der Waals surface area (Å²) in [5, 5.41) is 2.65. The number of carbonyl (C=O) groups excluding carboxylic acids is 2. The monoisotopic (exact) mass is 265 g/mol. The van der Waals surface area contributed by atoms with Crippen molar-refractivity contribution in [1.82, 2.24) is 0 Å². The van der Waals surface area contributed by atoms with Crippen LogP contribution >= 0.6 is 0 Å². The van der Waals surface area contributed by atoms with Gasteiger partial charge in [0, 0.05) is 19.9 Å².